The number of nitrogens with zero attached hydrogens (tertiary/aromatic N) is 7. The van der Waals surface area contributed by atoms with Crippen molar-refractivity contribution < 1.29 is 4.74 Å². The van der Waals surface area contributed by atoms with E-state index in [1.165, 1.54) is 0 Å². The van der Waals surface area contributed by atoms with Gasteiger partial charge in [-0.15, -0.1) is 5.10 Å². The van der Waals surface area contributed by atoms with Gasteiger partial charge in [-0.25, -0.2) is 4.68 Å². The average Bonchev–Trinajstić information content (AvgIpc) is 2.84. The molecule has 31 heavy (non-hydrogen) atoms. The van der Waals surface area contributed by atoms with Crippen LogP contribution in [0.15, 0.2) is 47.5 Å². The third kappa shape index (κ3) is 4.47. The minimum Gasteiger partial charge on any atom is -0.376 e. The number of rotatable bonds is 5. The molecule has 5 heterocycles. The van der Waals surface area contributed by atoms with E-state index in [9.17, 15) is 4.79 Å². The number of hydrogen-bond acceptors (Lipinski definition) is 8. The van der Waals surface area contributed by atoms with Gasteiger partial charge in [0, 0.05) is 68.7 Å². The molecular weight excluding hydrogens is 394 g/mol. The van der Waals surface area contributed by atoms with E-state index in [0.717, 1.165) is 74.1 Å². The molecule has 2 aliphatic heterocycles. The molecular formula is C22H25N7O2. The second-order valence-electron chi connectivity index (χ2n) is 7.83. The Labute approximate surface area is 180 Å². The molecule has 160 valence electrons. The summed E-state index contributed by atoms with van der Waals surface area (Å²) in [7, 11) is 0. The number of ether oxygens (including phenoxy) is 1. The highest BCUT2D eigenvalue weighted by molar-refractivity contribution is 5.56. The van der Waals surface area contributed by atoms with Crippen molar-refractivity contribution in [3.8, 4) is 11.3 Å². The highest BCUT2D eigenvalue weighted by atomic mass is 16.5. The maximum atomic E-state index is 12.3. The summed E-state index contributed by atoms with van der Waals surface area (Å²) in [6, 6.07) is 9.25. The molecule has 5 rings (SSSR count). The summed E-state index contributed by atoms with van der Waals surface area (Å²) in [5.74, 6) is 0.922. The topological polar surface area (TPSA) is 89.3 Å². The van der Waals surface area contributed by atoms with E-state index in [4.69, 9.17) is 4.74 Å². The Morgan fingerprint density at radius 3 is 2.77 bits per heavy atom. The number of piperazine rings is 1. The van der Waals surface area contributed by atoms with Crippen molar-refractivity contribution in [1.29, 1.82) is 0 Å². The van der Waals surface area contributed by atoms with Gasteiger partial charge in [0.25, 0.3) is 5.56 Å². The Kier molecular flexibility index (Phi) is 5.68. The molecule has 1 fully saturated rings. The fraction of sp³-hybridized carbons (Fsp3) is 0.409. The van der Waals surface area contributed by atoms with Crippen LogP contribution in [0.5, 0.6) is 0 Å². The Bertz CT molecular complexity index is 1090. The monoisotopic (exact) mass is 419 g/mol. The Hall–Kier alpha value is -3.17. The van der Waals surface area contributed by atoms with Gasteiger partial charge in [-0.3, -0.25) is 14.7 Å². The Balaban J connectivity index is 1.19. The minimum absolute atomic E-state index is 0.0853. The molecule has 0 saturated carbocycles. The molecule has 3 aromatic heterocycles. The van der Waals surface area contributed by atoms with Crippen molar-refractivity contribution in [2.75, 3.05) is 44.2 Å². The van der Waals surface area contributed by atoms with Crippen LogP contribution in [0.3, 0.4) is 0 Å². The van der Waals surface area contributed by atoms with Gasteiger partial charge in [0.2, 0.25) is 0 Å². The Morgan fingerprint density at radius 1 is 1.03 bits per heavy atom. The lowest BCUT2D eigenvalue weighted by Crippen LogP contribution is -2.48. The number of fused-ring (bicyclic) bond motifs is 1. The van der Waals surface area contributed by atoms with E-state index in [0.29, 0.717) is 13.2 Å². The smallest absolute Gasteiger partial charge is 0.266 e. The van der Waals surface area contributed by atoms with Crippen LogP contribution in [0.4, 0.5) is 5.82 Å². The van der Waals surface area contributed by atoms with E-state index in [1.807, 2.05) is 12.1 Å². The number of aromatic nitrogens is 5. The molecule has 0 radical (unpaired) electrons. The van der Waals surface area contributed by atoms with Crippen molar-refractivity contribution in [1.82, 2.24) is 29.9 Å². The fourth-order valence-electron chi connectivity index (χ4n) is 4.00. The van der Waals surface area contributed by atoms with Gasteiger partial charge in [-0.2, -0.15) is 10.2 Å². The quantitative estimate of drug-likeness (QED) is 0.605. The van der Waals surface area contributed by atoms with E-state index >= 15 is 0 Å². The zero-order valence-electron chi connectivity index (χ0n) is 17.4. The van der Waals surface area contributed by atoms with Crippen LogP contribution in [-0.4, -0.2) is 69.2 Å². The third-order valence-corrected chi connectivity index (χ3v) is 5.84. The van der Waals surface area contributed by atoms with E-state index < -0.39 is 0 Å². The first-order valence-corrected chi connectivity index (χ1v) is 10.7. The van der Waals surface area contributed by atoms with Gasteiger partial charge in [-0.1, -0.05) is 0 Å². The van der Waals surface area contributed by atoms with Crippen molar-refractivity contribution in [3.63, 3.8) is 0 Å². The minimum atomic E-state index is -0.0853. The predicted molar refractivity (Wildman–Crippen MR) is 116 cm³/mol. The molecule has 0 atom stereocenters. The van der Waals surface area contributed by atoms with Gasteiger partial charge < -0.3 is 9.64 Å². The first-order valence-electron chi connectivity index (χ1n) is 10.7. The SMILES string of the molecule is O=c1ccc(-c2cccnc2)nn1CCN1CCN(c2cc3c(nn2)CCOC3)CC1. The van der Waals surface area contributed by atoms with Gasteiger partial charge in [0.15, 0.2) is 5.82 Å². The van der Waals surface area contributed by atoms with Crippen LogP contribution in [0.25, 0.3) is 11.3 Å². The van der Waals surface area contributed by atoms with Gasteiger partial charge in [0.1, 0.15) is 0 Å². The zero-order chi connectivity index (χ0) is 21.0. The van der Waals surface area contributed by atoms with Crippen molar-refractivity contribution in [2.24, 2.45) is 0 Å². The molecule has 2 aliphatic rings. The summed E-state index contributed by atoms with van der Waals surface area (Å²) in [5.41, 5.74) is 3.78. The first-order chi connectivity index (χ1) is 15.3. The number of pyridine rings is 1. The average molecular weight is 419 g/mol. The van der Waals surface area contributed by atoms with Crippen LogP contribution in [-0.2, 0) is 24.3 Å². The molecule has 0 spiro atoms. The standard InChI is InChI=1S/C22H25N7O2/c30-22-4-3-20(17-2-1-6-23-15-17)26-29(22)12-9-27-7-10-28(11-8-27)21-14-18-16-31-13-5-19(18)24-25-21/h1-4,6,14-15H,5,7-13,16H2. The molecule has 1 saturated heterocycles. The lowest BCUT2D eigenvalue weighted by atomic mass is 10.1. The molecule has 0 aliphatic carbocycles. The van der Waals surface area contributed by atoms with Gasteiger partial charge in [-0.05, 0) is 24.3 Å². The molecule has 9 nitrogen and oxygen atoms in total. The largest absolute Gasteiger partial charge is 0.376 e. The summed E-state index contributed by atoms with van der Waals surface area (Å²) in [4.78, 5) is 21.0. The van der Waals surface area contributed by atoms with Gasteiger partial charge >= 0.3 is 0 Å². The van der Waals surface area contributed by atoms with Gasteiger partial charge in [0.05, 0.1) is 31.1 Å². The van der Waals surface area contributed by atoms with Crippen LogP contribution in [0.2, 0.25) is 0 Å². The van der Waals surface area contributed by atoms with E-state index in [-0.39, 0.29) is 5.56 Å². The second kappa shape index (κ2) is 8.91. The molecule has 0 unspecified atom stereocenters. The summed E-state index contributed by atoms with van der Waals surface area (Å²) < 4.78 is 7.09. The molecule has 0 N–H and O–H groups in total. The summed E-state index contributed by atoms with van der Waals surface area (Å²) in [6.07, 6.45) is 4.32. The molecule has 3 aromatic rings. The molecule has 0 amide bonds. The summed E-state index contributed by atoms with van der Waals surface area (Å²) in [6.45, 7) is 6.27. The molecule has 9 heteroatoms. The van der Waals surface area contributed by atoms with Crippen LogP contribution in [0, 0.1) is 0 Å². The summed E-state index contributed by atoms with van der Waals surface area (Å²) in [5, 5.41) is 13.3. The van der Waals surface area contributed by atoms with Crippen LogP contribution in [0.1, 0.15) is 11.3 Å². The maximum absolute atomic E-state index is 12.3. The second-order valence-corrected chi connectivity index (χ2v) is 7.83. The molecule has 0 aromatic carbocycles. The zero-order valence-corrected chi connectivity index (χ0v) is 17.4. The van der Waals surface area contributed by atoms with E-state index in [2.05, 4.69) is 36.1 Å². The molecule has 0 bridgehead atoms. The van der Waals surface area contributed by atoms with Crippen LogP contribution >= 0.6 is 0 Å². The highest BCUT2D eigenvalue weighted by Gasteiger charge is 2.20. The lowest BCUT2D eigenvalue weighted by Gasteiger charge is -2.35. The fourth-order valence-corrected chi connectivity index (χ4v) is 4.00. The van der Waals surface area contributed by atoms with E-state index in [1.54, 1.807) is 29.2 Å². The predicted octanol–water partition coefficient (Wildman–Crippen LogP) is 0.990. The number of hydrogen-bond donors (Lipinski definition) is 0. The van der Waals surface area contributed by atoms with Crippen molar-refractivity contribution in [2.45, 2.75) is 19.6 Å². The summed E-state index contributed by atoms with van der Waals surface area (Å²) >= 11 is 0. The van der Waals surface area contributed by atoms with Crippen LogP contribution < -0.4 is 10.5 Å². The lowest BCUT2D eigenvalue weighted by molar-refractivity contribution is 0.108. The highest BCUT2D eigenvalue weighted by Crippen LogP contribution is 2.20. The van der Waals surface area contributed by atoms with Crippen molar-refractivity contribution in [3.05, 3.63) is 64.3 Å². The van der Waals surface area contributed by atoms with Crippen molar-refractivity contribution >= 4 is 5.82 Å². The normalized spacial score (nSPS) is 16.8. The maximum Gasteiger partial charge on any atom is 0.266 e. The third-order valence-electron chi connectivity index (χ3n) is 5.84. The Morgan fingerprint density at radius 2 is 1.94 bits per heavy atom. The number of anilines is 1. The first kappa shape index (κ1) is 19.8.